The number of carboxylic acid groups (broad SMARTS) is 1. The molecule has 0 aliphatic rings. The van der Waals surface area contributed by atoms with Crippen LogP contribution in [-0.2, 0) is 42.4 Å². The number of ketones is 1. The number of phenols is 1. The number of aromatic hydroxyl groups is 1. The van der Waals surface area contributed by atoms with Gasteiger partial charge >= 0.3 is 5.97 Å². The lowest BCUT2D eigenvalue weighted by Gasteiger charge is -2.26. The van der Waals surface area contributed by atoms with Crippen LogP contribution in [0, 0.1) is 30.6 Å². The van der Waals surface area contributed by atoms with Gasteiger partial charge in [0.1, 0.15) is 48.9 Å². The second-order valence-corrected chi connectivity index (χ2v) is 16.3. The number of carbonyl (C=O) groups is 2. The Balaban J connectivity index is 1.33. The predicted octanol–water partition coefficient (Wildman–Crippen LogP) is 8.43. The van der Waals surface area contributed by atoms with Crippen LogP contribution in [0.15, 0.2) is 79.1 Å². The zero-order valence-corrected chi connectivity index (χ0v) is 36.2. The van der Waals surface area contributed by atoms with Crippen LogP contribution in [0.25, 0.3) is 11.1 Å². The van der Waals surface area contributed by atoms with Crippen molar-refractivity contribution in [2.24, 2.45) is 5.41 Å². The summed E-state index contributed by atoms with van der Waals surface area (Å²) in [6, 6.07) is 22.0. The number of nitrogens with one attached hydrogen (secondary N) is 1. The van der Waals surface area contributed by atoms with Gasteiger partial charge in [0, 0.05) is 42.2 Å². The van der Waals surface area contributed by atoms with Gasteiger partial charge in [-0.15, -0.1) is 0 Å². The minimum Gasteiger partial charge on any atom is -0.508 e. The van der Waals surface area contributed by atoms with Gasteiger partial charge < -0.3 is 34.6 Å². The third-order valence-electron chi connectivity index (χ3n) is 11.1. The molecule has 320 valence electrons. The largest absolute Gasteiger partial charge is 0.508 e. The van der Waals surface area contributed by atoms with E-state index in [1.165, 1.54) is 26.1 Å². The van der Waals surface area contributed by atoms with Gasteiger partial charge in [-0.3, -0.25) is 19.9 Å². The minimum atomic E-state index is -1.35. The molecule has 5 rings (SSSR count). The van der Waals surface area contributed by atoms with Crippen LogP contribution in [0.2, 0.25) is 10.0 Å². The van der Waals surface area contributed by atoms with E-state index in [1.54, 1.807) is 37.4 Å². The number of carboxylic acids is 1. The molecule has 0 amide bonds. The van der Waals surface area contributed by atoms with Crippen LogP contribution in [0.3, 0.4) is 0 Å². The fourth-order valence-corrected chi connectivity index (χ4v) is 6.94. The molecule has 14 heteroatoms. The van der Waals surface area contributed by atoms with Gasteiger partial charge in [0.2, 0.25) is 0 Å². The van der Waals surface area contributed by atoms with Crippen LogP contribution in [-0.4, -0.2) is 55.9 Å². The molecular formula is C47H49Cl2N3O9. The Morgan fingerprint density at radius 1 is 0.787 bits per heavy atom. The minimum absolute atomic E-state index is 0.0849. The van der Waals surface area contributed by atoms with E-state index in [9.17, 15) is 35.3 Å². The van der Waals surface area contributed by atoms with Crippen LogP contribution in [0.5, 0.6) is 23.0 Å². The quantitative estimate of drug-likeness (QED) is 0.0503. The van der Waals surface area contributed by atoms with Gasteiger partial charge in [-0.25, -0.2) is 0 Å². The number of hydrogen-bond donors (Lipinski definition) is 5. The summed E-state index contributed by atoms with van der Waals surface area (Å²) in [6.45, 7) is 8.12. The fourth-order valence-electron chi connectivity index (χ4n) is 6.46. The van der Waals surface area contributed by atoms with E-state index in [0.29, 0.717) is 38.8 Å². The van der Waals surface area contributed by atoms with Gasteiger partial charge in [0.25, 0.3) is 0 Å². The normalized spacial score (nSPS) is 13.1. The summed E-state index contributed by atoms with van der Waals surface area (Å²) in [5.41, 5.74) is 5.34. The Kier molecular flexibility index (Phi) is 15.4. The Morgan fingerprint density at radius 2 is 1.36 bits per heavy atom. The summed E-state index contributed by atoms with van der Waals surface area (Å²) in [4.78, 5) is 28.0. The SMILES string of the molecule is CC(=O)[C@](C)(CO)NCc1cc(Cl)c(OCc2cccc(-c3cccc(COc4cc(O)c(CC[C@@](C)(CO)C(=O)O)cc4Cl)c3C)c2C)cc1OCc1cncc(C#N)c1. The summed E-state index contributed by atoms with van der Waals surface area (Å²) in [6.07, 6.45) is 3.37. The third kappa shape index (κ3) is 11.2. The lowest BCUT2D eigenvalue weighted by molar-refractivity contribution is -0.150. The molecule has 61 heavy (non-hydrogen) atoms. The van der Waals surface area contributed by atoms with Gasteiger partial charge in [0.05, 0.1) is 39.8 Å². The molecule has 0 radical (unpaired) electrons. The van der Waals surface area contributed by atoms with Crippen molar-refractivity contribution >= 4 is 35.0 Å². The second kappa shape index (κ2) is 20.3. The van der Waals surface area contributed by atoms with E-state index >= 15 is 0 Å². The first-order chi connectivity index (χ1) is 29.0. The number of ether oxygens (including phenoxy) is 3. The van der Waals surface area contributed by atoms with E-state index in [1.807, 2.05) is 50.2 Å². The van der Waals surface area contributed by atoms with Crippen molar-refractivity contribution in [3.05, 3.63) is 134 Å². The molecule has 12 nitrogen and oxygen atoms in total. The summed E-state index contributed by atoms with van der Waals surface area (Å²) >= 11 is 13.3. The van der Waals surface area contributed by atoms with Crippen LogP contribution < -0.4 is 19.5 Å². The molecular weight excluding hydrogens is 821 g/mol. The van der Waals surface area contributed by atoms with Crippen molar-refractivity contribution < 1.29 is 44.2 Å². The monoisotopic (exact) mass is 869 g/mol. The molecule has 4 aromatic carbocycles. The molecule has 0 unspecified atom stereocenters. The van der Waals surface area contributed by atoms with Gasteiger partial charge in [-0.2, -0.15) is 5.26 Å². The molecule has 0 fully saturated rings. The third-order valence-corrected chi connectivity index (χ3v) is 11.7. The van der Waals surface area contributed by atoms with Gasteiger partial charge in [-0.1, -0.05) is 59.6 Å². The summed E-state index contributed by atoms with van der Waals surface area (Å²) in [5, 5.41) is 52.8. The average molecular weight is 871 g/mol. The number of Topliss-reactive ketones (excluding diaryl/α,β-unsaturated/α-hetero) is 1. The lowest BCUT2D eigenvalue weighted by Crippen LogP contribution is -2.51. The molecule has 5 aromatic rings. The van der Waals surface area contributed by atoms with Crippen LogP contribution in [0.1, 0.15) is 71.7 Å². The highest BCUT2D eigenvalue weighted by Crippen LogP contribution is 2.38. The molecule has 2 atom stereocenters. The smallest absolute Gasteiger partial charge is 0.311 e. The maximum Gasteiger partial charge on any atom is 0.311 e. The summed E-state index contributed by atoms with van der Waals surface area (Å²) < 4.78 is 18.6. The number of nitrogens with zero attached hydrogens (tertiary/aromatic N) is 2. The number of carbonyl (C=O) groups excluding carboxylic acids is 1. The number of aliphatic hydroxyl groups is 2. The standard InChI is InChI=1S/C47H49Cl2N3O9/c1-28-34(24-60-43-17-41(56)33(15-39(43)48)12-13-46(4,26-53)45(57)58)8-6-10-37(28)38-11-7-9-35(29(38)2)25-61-44-18-42(59-23-32-14-31(19-50)20-51-21-32)36(16-40(44)49)22-52-47(5,27-54)30(3)55/h6-11,14-18,20-21,52-54,56H,12-13,22-27H2,1-5H3,(H,57,58)/t46-,47-/m0/s1. The summed E-state index contributed by atoms with van der Waals surface area (Å²) in [7, 11) is 0. The maximum absolute atomic E-state index is 12.3. The highest BCUT2D eigenvalue weighted by Gasteiger charge is 2.32. The van der Waals surface area contributed by atoms with Crippen molar-refractivity contribution in [3.63, 3.8) is 0 Å². The molecule has 0 bridgehead atoms. The number of aliphatic hydroxyl groups excluding tert-OH is 2. The number of aliphatic carboxylic acids is 1. The van der Waals surface area contributed by atoms with E-state index in [-0.39, 0.29) is 61.5 Å². The number of rotatable bonds is 20. The molecule has 1 heterocycles. The zero-order valence-electron chi connectivity index (χ0n) is 34.6. The van der Waals surface area contributed by atoms with Crippen molar-refractivity contribution in [2.75, 3.05) is 13.2 Å². The van der Waals surface area contributed by atoms with Crippen molar-refractivity contribution in [3.8, 4) is 40.2 Å². The second-order valence-electron chi connectivity index (χ2n) is 15.5. The van der Waals surface area contributed by atoms with Crippen molar-refractivity contribution in [2.45, 2.75) is 79.4 Å². The van der Waals surface area contributed by atoms with E-state index in [4.69, 9.17) is 37.4 Å². The zero-order chi connectivity index (χ0) is 44.5. The lowest BCUT2D eigenvalue weighted by atomic mass is 9.85. The fraction of sp³-hybridized carbons (Fsp3) is 0.319. The molecule has 0 saturated carbocycles. The number of aromatic nitrogens is 1. The number of benzene rings is 4. The van der Waals surface area contributed by atoms with E-state index < -0.39 is 30.1 Å². The van der Waals surface area contributed by atoms with Gasteiger partial charge in [-0.05, 0) is 105 Å². The molecule has 0 aliphatic heterocycles. The van der Waals surface area contributed by atoms with Crippen molar-refractivity contribution in [1.29, 1.82) is 5.26 Å². The number of hydrogen-bond acceptors (Lipinski definition) is 11. The number of nitriles is 1. The Morgan fingerprint density at radius 3 is 1.90 bits per heavy atom. The number of halogens is 2. The molecule has 0 aliphatic carbocycles. The van der Waals surface area contributed by atoms with Crippen LogP contribution in [0.4, 0.5) is 0 Å². The Bertz CT molecular complexity index is 2450. The molecule has 1 aromatic heterocycles. The number of aryl methyl sites for hydroxylation is 1. The first-order valence-corrected chi connectivity index (χ1v) is 20.2. The highest BCUT2D eigenvalue weighted by atomic mass is 35.5. The molecule has 0 saturated heterocycles. The maximum atomic E-state index is 12.3. The topological polar surface area (TPSA) is 191 Å². The molecule has 5 N–H and O–H groups in total. The van der Waals surface area contributed by atoms with Gasteiger partial charge in [0.15, 0.2) is 5.78 Å². The highest BCUT2D eigenvalue weighted by molar-refractivity contribution is 6.32. The number of pyridine rings is 1. The van der Waals surface area contributed by atoms with E-state index in [2.05, 4.69) is 16.4 Å². The predicted molar refractivity (Wildman–Crippen MR) is 232 cm³/mol. The Labute approximate surface area is 365 Å². The van der Waals surface area contributed by atoms with Crippen LogP contribution >= 0.6 is 23.2 Å². The average Bonchev–Trinajstić information content (AvgIpc) is 3.25. The Hall–Kier alpha value is -5.68. The summed E-state index contributed by atoms with van der Waals surface area (Å²) in [5.74, 6) is -0.382. The first-order valence-electron chi connectivity index (χ1n) is 19.5. The molecule has 0 spiro atoms. The van der Waals surface area contributed by atoms with E-state index in [0.717, 1.165) is 33.4 Å². The first kappa shape index (κ1) is 46.4. The number of phenolic OH excluding ortho intramolecular Hbond substituents is 1. The van der Waals surface area contributed by atoms with Crippen molar-refractivity contribution in [1.82, 2.24) is 10.3 Å².